The van der Waals surface area contributed by atoms with Gasteiger partial charge in [0.2, 0.25) is 11.7 Å². The van der Waals surface area contributed by atoms with Crippen LogP contribution in [0.4, 0.5) is 10.5 Å². The smallest absolute Gasteiger partial charge is 0.326 e. The molecule has 3 aliphatic rings. The van der Waals surface area contributed by atoms with Gasteiger partial charge in [-0.3, -0.25) is 24.1 Å². The van der Waals surface area contributed by atoms with Crippen molar-refractivity contribution in [2.75, 3.05) is 18.0 Å². The number of nitrogens with one attached hydrogen (secondary N) is 1. The lowest BCUT2D eigenvalue weighted by Gasteiger charge is -2.20. The molecule has 1 N–H and O–H groups in total. The number of Topliss-reactive ketones (excluding diaryl/α,β-unsaturated/α-hetero) is 1. The second-order valence-corrected chi connectivity index (χ2v) is 8.37. The number of imide groups is 1. The van der Waals surface area contributed by atoms with Crippen LogP contribution in [-0.4, -0.2) is 59.2 Å². The van der Waals surface area contributed by atoms with Crippen LogP contribution in [-0.2, 0) is 25.5 Å². The Balaban J connectivity index is 1.38. The number of hydrogen-bond donors (Lipinski definition) is 1. The van der Waals surface area contributed by atoms with E-state index in [0.29, 0.717) is 31.4 Å². The average molecular weight is 427 g/mol. The number of ether oxygens (including phenoxy) is 1. The summed E-state index contributed by atoms with van der Waals surface area (Å²) in [5, 5.41) is 2.71. The first-order valence-corrected chi connectivity index (χ1v) is 10.5. The normalized spacial score (nSPS) is 20.1. The molecule has 1 aromatic carbocycles. The van der Waals surface area contributed by atoms with Gasteiger partial charge in [-0.1, -0.05) is 12.8 Å². The first-order chi connectivity index (χ1) is 14.7. The predicted molar refractivity (Wildman–Crippen MR) is 110 cm³/mol. The van der Waals surface area contributed by atoms with Crippen molar-refractivity contribution in [3.8, 4) is 0 Å². The molecule has 0 bridgehead atoms. The first-order valence-electron chi connectivity index (χ1n) is 10.5. The molecule has 2 aliphatic heterocycles. The highest BCUT2D eigenvalue weighted by molar-refractivity contribution is 6.09. The Hall–Kier alpha value is -3.23. The number of esters is 1. The van der Waals surface area contributed by atoms with Crippen LogP contribution in [0.15, 0.2) is 18.2 Å². The molecule has 9 heteroatoms. The van der Waals surface area contributed by atoms with Crippen LogP contribution in [0.1, 0.15) is 55.5 Å². The van der Waals surface area contributed by atoms with Crippen LogP contribution >= 0.6 is 0 Å². The molecule has 0 unspecified atom stereocenters. The molecule has 1 saturated heterocycles. The Morgan fingerprint density at radius 3 is 2.58 bits per heavy atom. The number of rotatable bonds is 5. The summed E-state index contributed by atoms with van der Waals surface area (Å²) in [5.41, 5.74) is 1.16. The van der Waals surface area contributed by atoms with E-state index in [9.17, 15) is 24.0 Å². The molecule has 1 saturated carbocycles. The van der Waals surface area contributed by atoms with Crippen LogP contribution in [0.2, 0.25) is 0 Å². The van der Waals surface area contributed by atoms with Crippen molar-refractivity contribution < 1.29 is 28.7 Å². The van der Waals surface area contributed by atoms with Crippen molar-refractivity contribution in [1.29, 1.82) is 0 Å². The number of nitrogens with zero attached hydrogens (tertiary/aromatic N) is 2. The molecular weight excluding hydrogens is 402 g/mol. The quantitative estimate of drug-likeness (QED) is 0.434. The molecule has 1 aliphatic carbocycles. The summed E-state index contributed by atoms with van der Waals surface area (Å²) in [7, 11) is 0. The van der Waals surface area contributed by atoms with Gasteiger partial charge in [0, 0.05) is 24.7 Å². The maximum atomic E-state index is 12.7. The minimum Gasteiger partial charge on any atom is -0.453 e. The fourth-order valence-electron chi connectivity index (χ4n) is 4.67. The summed E-state index contributed by atoms with van der Waals surface area (Å²) in [5.74, 6) is -1.66. The first kappa shape index (κ1) is 21.0. The average Bonchev–Trinajstić information content (AvgIpc) is 3.42. The maximum Gasteiger partial charge on any atom is 0.326 e. The number of urea groups is 1. The number of benzene rings is 1. The number of carbonyl (C=O) groups is 5. The number of ketones is 1. The van der Waals surface area contributed by atoms with E-state index in [2.05, 4.69) is 5.32 Å². The molecule has 1 aromatic rings. The van der Waals surface area contributed by atoms with Gasteiger partial charge in [-0.05, 0) is 49.9 Å². The third-order valence-electron chi connectivity index (χ3n) is 6.31. The van der Waals surface area contributed by atoms with Gasteiger partial charge in [0.25, 0.3) is 5.91 Å². The molecule has 31 heavy (non-hydrogen) atoms. The minimum atomic E-state index is -1.07. The van der Waals surface area contributed by atoms with E-state index in [1.165, 1.54) is 13.8 Å². The number of carbonyl (C=O) groups excluding carboxylic acids is 5. The Bertz CT molecular complexity index is 981. The summed E-state index contributed by atoms with van der Waals surface area (Å²) >= 11 is 0. The SMILES string of the molecule is CC(=O)N1CCc2cc(C(=O)[C@@H](C)OC(=O)CN3C(=O)NC4(CCCC4)C3=O)ccc21. The number of anilines is 1. The van der Waals surface area contributed by atoms with E-state index in [1.807, 2.05) is 0 Å². The van der Waals surface area contributed by atoms with Crippen LogP contribution in [0.3, 0.4) is 0 Å². The van der Waals surface area contributed by atoms with Crippen LogP contribution in [0, 0.1) is 0 Å². The van der Waals surface area contributed by atoms with Crippen molar-refractivity contribution in [2.24, 2.45) is 0 Å². The Kier molecular flexibility index (Phi) is 5.28. The lowest BCUT2D eigenvalue weighted by Crippen LogP contribution is -2.44. The molecule has 1 atom stereocenters. The largest absolute Gasteiger partial charge is 0.453 e. The maximum absolute atomic E-state index is 12.7. The number of amides is 4. The van der Waals surface area contributed by atoms with E-state index >= 15 is 0 Å². The number of fused-ring (bicyclic) bond motifs is 1. The van der Waals surface area contributed by atoms with Crippen molar-refractivity contribution in [3.63, 3.8) is 0 Å². The molecule has 2 heterocycles. The molecule has 9 nitrogen and oxygen atoms in total. The third-order valence-corrected chi connectivity index (χ3v) is 6.31. The van der Waals surface area contributed by atoms with E-state index < -0.39 is 36.1 Å². The Labute approximate surface area is 179 Å². The Morgan fingerprint density at radius 2 is 1.90 bits per heavy atom. The van der Waals surface area contributed by atoms with Gasteiger partial charge in [-0.15, -0.1) is 0 Å². The molecule has 4 amide bonds. The van der Waals surface area contributed by atoms with E-state index in [-0.39, 0.29) is 11.7 Å². The van der Waals surface area contributed by atoms with Crippen molar-refractivity contribution in [1.82, 2.24) is 10.2 Å². The fourth-order valence-corrected chi connectivity index (χ4v) is 4.67. The molecule has 2 fully saturated rings. The Morgan fingerprint density at radius 1 is 1.19 bits per heavy atom. The third kappa shape index (κ3) is 3.68. The van der Waals surface area contributed by atoms with Gasteiger partial charge in [-0.2, -0.15) is 0 Å². The summed E-state index contributed by atoms with van der Waals surface area (Å²) in [4.78, 5) is 64.1. The summed E-state index contributed by atoms with van der Waals surface area (Å²) in [6.07, 6.45) is 2.41. The lowest BCUT2D eigenvalue weighted by molar-refractivity contribution is -0.149. The van der Waals surface area contributed by atoms with Crippen molar-refractivity contribution in [3.05, 3.63) is 29.3 Å². The van der Waals surface area contributed by atoms with Crippen LogP contribution in [0.5, 0.6) is 0 Å². The van der Waals surface area contributed by atoms with Gasteiger partial charge in [0.15, 0.2) is 6.10 Å². The molecular formula is C22H25N3O6. The molecule has 1 spiro atoms. The predicted octanol–water partition coefficient (Wildman–Crippen LogP) is 1.57. The minimum absolute atomic E-state index is 0.0556. The standard InChI is InChI=1S/C22H25N3O6/c1-13(19(28)16-5-6-17-15(11-16)7-10-24(17)14(2)26)31-18(27)12-25-20(29)22(23-21(25)30)8-3-4-9-22/h5-6,11,13H,3-4,7-10,12H2,1-2H3,(H,23,30)/t13-/m1/s1. The van der Waals surface area contributed by atoms with E-state index in [4.69, 9.17) is 4.74 Å². The second kappa shape index (κ2) is 7.79. The van der Waals surface area contributed by atoms with Gasteiger partial charge in [-0.25, -0.2) is 4.79 Å². The summed E-state index contributed by atoms with van der Waals surface area (Å²) in [6, 6.07) is 4.44. The topological polar surface area (TPSA) is 113 Å². The van der Waals surface area contributed by atoms with E-state index in [0.717, 1.165) is 29.0 Å². The zero-order chi connectivity index (χ0) is 22.3. The highest BCUT2D eigenvalue weighted by Gasteiger charge is 2.52. The molecule has 4 rings (SSSR count). The highest BCUT2D eigenvalue weighted by Crippen LogP contribution is 2.35. The fraction of sp³-hybridized carbons (Fsp3) is 0.500. The zero-order valence-electron chi connectivity index (χ0n) is 17.6. The summed E-state index contributed by atoms with van der Waals surface area (Å²) < 4.78 is 5.23. The van der Waals surface area contributed by atoms with Crippen LogP contribution < -0.4 is 10.2 Å². The van der Waals surface area contributed by atoms with Gasteiger partial charge in [0.05, 0.1) is 0 Å². The summed E-state index contributed by atoms with van der Waals surface area (Å²) in [6.45, 7) is 3.00. The van der Waals surface area contributed by atoms with E-state index in [1.54, 1.807) is 23.1 Å². The van der Waals surface area contributed by atoms with Gasteiger partial charge >= 0.3 is 12.0 Å². The van der Waals surface area contributed by atoms with Crippen molar-refractivity contribution >= 4 is 35.3 Å². The lowest BCUT2D eigenvalue weighted by atomic mass is 9.98. The molecule has 0 radical (unpaired) electrons. The van der Waals surface area contributed by atoms with Gasteiger partial charge in [0.1, 0.15) is 12.1 Å². The van der Waals surface area contributed by atoms with Crippen molar-refractivity contribution in [2.45, 2.75) is 57.6 Å². The second-order valence-electron chi connectivity index (χ2n) is 8.37. The van der Waals surface area contributed by atoms with Gasteiger partial charge < -0.3 is 15.0 Å². The number of hydrogen-bond acceptors (Lipinski definition) is 6. The monoisotopic (exact) mass is 427 g/mol. The molecule has 0 aromatic heterocycles. The zero-order valence-corrected chi connectivity index (χ0v) is 17.6. The highest BCUT2D eigenvalue weighted by atomic mass is 16.5. The van der Waals surface area contributed by atoms with Crippen LogP contribution in [0.25, 0.3) is 0 Å². The molecule has 164 valence electrons.